The summed E-state index contributed by atoms with van der Waals surface area (Å²) in [6.07, 6.45) is 1.99. The highest BCUT2D eigenvalue weighted by molar-refractivity contribution is 5.50. The molecule has 0 spiro atoms. The van der Waals surface area contributed by atoms with Gasteiger partial charge in [0.2, 0.25) is 5.95 Å². The number of aromatic nitrogens is 2. The van der Waals surface area contributed by atoms with Gasteiger partial charge < -0.3 is 11.5 Å². The molecule has 0 unspecified atom stereocenters. The largest absolute Gasteiger partial charge is 0.383 e. The number of anilines is 2. The average Bonchev–Trinajstić information content (AvgIpc) is 2.39. The molecule has 4 heteroatoms. The average molecular weight is 254 g/mol. The smallest absolute Gasteiger partial charge is 0.222 e. The molecule has 2 aromatic rings. The molecular weight excluding hydrogens is 236 g/mol. The lowest BCUT2D eigenvalue weighted by atomic mass is 9.74. The number of hydrogen-bond acceptors (Lipinski definition) is 4. The highest BCUT2D eigenvalue weighted by Crippen LogP contribution is 2.43. The third-order valence-electron chi connectivity index (χ3n) is 4.05. The van der Waals surface area contributed by atoms with Crippen LogP contribution in [0.1, 0.15) is 42.0 Å². The van der Waals surface area contributed by atoms with Gasteiger partial charge in [0.15, 0.2) is 0 Å². The molecule has 1 aromatic heterocycles. The van der Waals surface area contributed by atoms with Crippen molar-refractivity contribution in [1.82, 2.24) is 9.97 Å². The number of hydrogen-bond donors (Lipinski definition) is 2. The van der Waals surface area contributed by atoms with Gasteiger partial charge in [0.05, 0.1) is 5.69 Å². The van der Waals surface area contributed by atoms with Gasteiger partial charge in [0, 0.05) is 5.56 Å². The molecule has 1 aliphatic rings. The topological polar surface area (TPSA) is 77.8 Å². The summed E-state index contributed by atoms with van der Waals surface area (Å²) in [5.74, 6) is 1.62. The molecule has 0 amide bonds. The van der Waals surface area contributed by atoms with Crippen LogP contribution >= 0.6 is 0 Å². The number of nitrogens with two attached hydrogens (primary N) is 2. The van der Waals surface area contributed by atoms with Gasteiger partial charge in [0.25, 0.3) is 0 Å². The van der Waals surface area contributed by atoms with Crippen molar-refractivity contribution in [3.8, 4) is 0 Å². The van der Waals surface area contributed by atoms with Crippen LogP contribution in [0.4, 0.5) is 11.8 Å². The van der Waals surface area contributed by atoms with E-state index in [0.29, 0.717) is 17.7 Å². The van der Waals surface area contributed by atoms with Crippen LogP contribution < -0.4 is 11.5 Å². The van der Waals surface area contributed by atoms with Crippen LogP contribution in [-0.2, 0) is 6.42 Å². The minimum atomic E-state index is 0.279. The van der Waals surface area contributed by atoms with E-state index in [2.05, 4.69) is 41.2 Å². The molecule has 1 aliphatic carbocycles. The molecule has 4 N–H and O–H groups in total. The zero-order chi connectivity index (χ0) is 13.4. The van der Waals surface area contributed by atoms with E-state index in [4.69, 9.17) is 11.5 Å². The summed E-state index contributed by atoms with van der Waals surface area (Å²) in [6.45, 7) is 2.20. The predicted molar refractivity (Wildman–Crippen MR) is 76.8 cm³/mol. The van der Waals surface area contributed by atoms with Crippen LogP contribution in [0.15, 0.2) is 30.3 Å². The van der Waals surface area contributed by atoms with Gasteiger partial charge in [-0.1, -0.05) is 37.3 Å². The van der Waals surface area contributed by atoms with Gasteiger partial charge in [-0.05, 0) is 30.2 Å². The molecular formula is C15H18N4. The normalized spacial score (nSPS) is 21.9. The fraction of sp³-hybridized carbons (Fsp3) is 0.333. The first-order valence-corrected chi connectivity index (χ1v) is 6.63. The molecule has 0 fully saturated rings. The van der Waals surface area contributed by atoms with Gasteiger partial charge >= 0.3 is 0 Å². The Hall–Kier alpha value is -2.10. The summed E-state index contributed by atoms with van der Waals surface area (Å²) in [4.78, 5) is 8.45. The van der Waals surface area contributed by atoms with Crippen LogP contribution in [-0.4, -0.2) is 9.97 Å². The number of fused-ring (bicyclic) bond motifs is 1. The first-order valence-electron chi connectivity index (χ1n) is 6.63. The van der Waals surface area contributed by atoms with E-state index >= 15 is 0 Å². The maximum atomic E-state index is 6.04. The van der Waals surface area contributed by atoms with Crippen LogP contribution in [0.2, 0.25) is 0 Å². The van der Waals surface area contributed by atoms with Crippen molar-refractivity contribution in [2.75, 3.05) is 11.5 Å². The second kappa shape index (κ2) is 4.53. The molecule has 1 heterocycles. The first kappa shape index (κ1) is 12.0. The minimum Gasteiger partial charge on any atom is -0.383 e. The standard InChI is InChI=1S/C15H18N4/c1-9-11(10-5-3-2-4-6-10)7-8-12-13(9)14(16)19-15(17)18-12/h2-6,9,11H,7-8H2,1H3,(H4,16,17,18,19)/t9-,11+/m1/s1. The third-order valence-corrected chi connectivity index (χ3v) is 4.05. The van der Waals surface area contributed by atoms with Gasteiger partial charge in [-0.15, -0.1) is 0 Å². The number of aryl methyl sites for hydroxylation is 1. The lowest BCUT2D eigenvalue weighted by molar-refractivity contribution is 0.494. The second-order valence-corrected chi connectivity index (χ2v) is 5.17. The van der Waals surface area contributed by atoms with E-state index in [1.165, 1.54) is 5.56 Å². The van der Waals surface area contributed by atoms with Crippen molar-refractivity contribution in [2.45, 2.75) is 31.6 Å². The summed E-state index contributed by atoms with van der Waals surface area (Å²) in [6, 6.07) is 10.6. The Morgan fingerprint density at radius 3 is 2.58 bits per heavy atom. The summed E-state index contributed by atoms with van der Waals surface area (Å²) < 4.78 is 0. The molecule has 1 aromatic carbocycles. The molecule has 0 radical (unpaired) electrons. The van der Waals surface area contributed by atoms with E-state index in [1.807, 2.05) is 6.07 Å². The molecule has 98 valence electrons. The maximum absolute atomic E-state index is 6.04. The van der Waals surface area contributed by atoms with Crippen molar-refractivity contribution < 1.29 is 0 Å². The quantitative estimate of drug-likeness (QED) is 0.819. The minimum absolute atomic E-state index is 0.279. The monoisotopic (exact) mass is 254 g/mol. The molecule has 0 saturated heterocycles. The molecule has 0 aliphatic heterocycles. The zero-order valence-corrected chi connectivity index (χ0v) is 11.0. The summed E-state index contributed by atoms with van der Waals surface area (Å²) >= 11 is 0. The number of nitrogen functional groups attached to an aromatic ring is 2. The molecule has 2 atom stereocenters. The Bertz CT molecular complexity index is 595. The van der Waals surface area contributed by atoms with Crippen LogP contribution in [0.25, 0.3) is 0 Å². The molecule has 4 nitrogen and oxygen atoms in total. The molecule has 0 saturated carbocycles. The van der Waals surface area contributed by atoms with Crippen molar-refractivity contribution in [2.24, 2.45) is 0 Å². The third kappa shape index (κ3) is 2.03. The fourth-order valence-corrected chi connectivity index (χ4v) is 3.14. The lowest BCUT2D eigenvalue weighted by Gasteiger charge is -2.31. The lowest BCUT2D eigenvalue weighted by Crippen LogP contribution is -2.21. The summed E-state index contributed by atoms with van der Waals surface area (Å²) in [5.41, 5.74) is 15.2. The molecule has 0 bridgehead atoms. The van der Waals surface area contributed by atoms with Gasteiger partial charge in [-0.25, -0.2) is 4.98 Å². The van der Waals surface area contributed by atoms with Gasteiger partial charge in [0.1, 0.15) is 5.82 Å². The van der Waals surface area contributed by atoms with E-state index in [-0.39, 0.29) is 5.95 Å². The van der Waals surface area contributed by atoms with E-state index < -0.39 is 0 Å². The number of rotatable bonds is 1. The maximum Gasteiger partial charge on any atom is 0.222 e. The Morgan fingerprint density at radius 1 is 1.11 bits per heavy atom. The second-order valence-electron chi connectivity index (χ2n) is 5.17. The number of benzene rings is 1. The van der Waals surface area contributed by atoms with E-state index in [1.54, 1.807) is 0 Å². The fourth-order valence-electron chi connectivity index (χ4n) is 3.14. The van der Waals surface area contributed by atoms with Crippen LogP contribution in [0, 0.1) is 0 Å². The van der Waals surface area contributed by atoms with Crippen LogP contribution in [0.3, 0.4) is 0 Å². The Labute approximate surface area is 112 Å². The zero-order valence-electron chi connectivity index (χ0n) is 11.0. The predicted octanol–water partition coefficient (Wildman–Crippen LogP) is 2.47. The first-order chi connectivity index (χ1) is 9.16. The Balaban J connectivity index is 2.03. The highest BCUT2D eigenvalue weighted by atomic mass is 15.0. The molecule has 3 rings (SSSR count). The van der Waals surface area contributed by atoms with Crippen molar-refractivity contribution in [3.05, 3.63) is 47.2 Å². The van der Waals surface area contributed by atoms with Crippen molar-refractivity contribution >= 4 is 11.8 Å². The number of nitrogens with zero attached hydrogens (tertiary/aromatic N) is 2. The van der Waals surface area contributed by atoms with E-state index in [9.17, 15) is 0 Å². The SMILES string of the molecule is C[C@H]1c2c(N)nc(N)nc2CC[C@@H]1c1ccccc1. The Morgan fingerprint density at radius 2 is 1.84 bits per heavy atom. The van der Waals surface area contributed by atoms with Crippen LogP contribution in [0.5, 0.6) is 0 Å². The Kier molecular flexibility index (Phi) is 2.85. The molecule has 19 heavy (non-hydrogen) atoms. The van der Waals surface area contributed by atoms with Gasteiger partial charge in [-0.2, -0.15) is 4.98 Å². The van der Waals surface area contributed by atoms with Crippen molar-refractivity contribution in [3.63, 3.8) is 0 Å². The van der Waals surface area contributed by atoms with Crippen molar-refractivity contribution in [1.29, 1.82) is 0 Å². The van der Waals surface area contributed by atoms with Gasteiger partial charge in [-0.3, -0.25) is 0 Å². The summed E-state index contributed by atoms with van der Waals surface area (Å²) in [5, 5.41) is 0. The van der Waals surface area contributed by atoms with E-state index in [0.717, 1.165) is 24.1 Å². The summed E-state index contributed by atoms with van der Waals surface area (Å²) in [7, 11) is 0. The highest BCUT2D eigenvalue weighted by Gasteiger charge is 2.30.